The van der Waals surface area contributed by atoms with Crippen LogP contribution >= 0.6 is 0 Å². The molecule has 0 fully saturated rings. The molecule has 3 aromatic rings. The molecule has 1 heterocycles. The van der Waals surface area contributed by atoms with Crippen LogP contribution in [0.5, 0.6) is 0 Å². The van der Waals surface area contributed by atoms with Crippen LogP contribution < -0.4 is 5.73 Å². The number of aromatic nitrogens is 2. The number of halogens is 1. The summed E-state index contributed by atoms with van der Waals surface area (Å²) in [5.41, 5.74) is 9.31. The van der Waals surface area contributed by atoms with E-state index in [0.717, 1.165) is 37.2 Å². The van der Waals surface area contributed by atoms with Crippen LogP contribution in [0.4, 0.5) is 4.39 Å². The molecule has 1 aromatic heterocycles. The molecule has 0 atom stereocenters. The number of hydrogen-bond acceptors (Lipinski definition) is 3. The summed E-state index contributed by atoms with van der Waals surface area (Å²) in [6.45, 7) is 3.92. The van der Waals surface area contributed by atoms with Crippen molar-refractivity contribution in [2.24, 2.45) is 5.73 Å². The van der Waals surface area contributed by atoms with E-state index in [9.17, 15) is 4.39 Å². The fourth-order valence-electron chi connectivity index (χ4n) is 2.99. The van der Waals surface area contributed by atoms with Crippen molar-refractivity contribution in [3.05, 3.63) is 89.5 Å². The van der Waals surface area contributed by atoms with Crippen molar-refractivity contribution in [1.29, 1.82) is 0 Å². The van der Waals surface area contributed by atoms with Crippen molar-refractivity contribution in [1.82, 2.24) is 14.7 Å². The number of nitrogens with zero attached hydrogens (tertiary/aromatic N) is 3. The normalized spacial score (nSPS) is 11.2. The number of hydrogen-bond donors (Lipinski definition) is 1. The van der Waals surface area contributed by atoms with Gasteiger partial charge in [0.15, 0.2) is 0 Å². The maximum Gasteiger partial charge on any atom is 0.123 e. The lowest BCUT2D eigenvalue weighted by Gasteiger charge is -2.20. The lowest BCUT2D eigenvalue weighted by molar-refractivity contribution is 0.276. The average Bonchev–Trinajstić information content (AvgIpc) is 3.09. The SMILES string of the molecule is NCCN(CCc1ccccc1)Cc1cnn(Cc2ccc(F)cc2)c1. The third kappa shape index (κ3) is 5.51. The highest BCUT2D eigenvalue weighted by Gasteiger charge is 2.08. The summed E-state index contributed by atoms with van der Waals surface area (Å²) in [5, 5.41) is 4.43. The van der Waals surface area contributed by atoms with E-state index < -0.39 is 0 Å². The standard InChI is InChI=1S/C21H25FN4/c22-21-8-6-19(7-9-21)16-26-17-20(14-24-26)15-25(13-11-23)12-10-18-4-2-1-3-5-18/h1-9,14,17H,10-13,15-16,23H2. The fraction of sp³-hybridized carbons (Fsp3) is 0.286. The van der Waals surface area contributed by atoms with Gasteiger partial charge in [0.1, 0.15) is 5.82 Å². The summed E-state index contributed by atoms with van der Waals surface area (Å²) >= 11 is 0. The average molecular weight is 352 g/mol. The second-order valence-corrected chi connectivity index (χ2v) is 6.47. The van der Waals surface area contributed by atoms with Crippen LogP contribution in [0.1, 0.15) is 16.7 Å². The molecule has 0 aliphatic carbocycles. The van der Waals surface area contributed by atoms with E-state index in [4.69, 9.17) is 5.73 Å². The van der Waals surface area contributed by atoms with E-state index in [1.165, 1.54) is 17.7 Å². The molecule has 2 N–H and O–H groups in total. The molecule has 26 heavy (non-hydrogen) atoms. The molecule has 0 aliphatic heterocycles. The van der Waals surface area contributed by atoms with Crippen molar-refractivity contribution in [3.8, 4) is 0 Å². The van der Waals surface area contributed by atoms with Gasteiger partial charge in [-0.25, -0.2) is 4.39 Å². The Labute approximate surface area is 154 Å². The van der Waals surface area contributed by atoms with Gasteiger partial charge in [-0.15, -0.1) is 0 Å². The minimum atomic E-state index is -0.217. The molecule has 4 nitrogen and oxygen atoms in total. The van der Waals surface area contributed by atoms with Gasteiger partial charge in [0.05, 0.1) is 12.7 Å². The Kier molecular flexibility index (Phi) is 6.52. The van der Waals surface area contributed by atoms with Crippen LogP contribution in [-0.4, -0.2) is 34.3 Å². The van der Waals surface area contributed by atoms with E-state index in [1.807, 2.05) is 16.9 Å². The van der Waals surface area contributed by atoms with Gasteiger partial charge in [0.2, 0.25) is 0 Å². The van der Waals surface area contributed by atoms with Crippen LogP contribution in [0.25, 0.3) is 0 Å². The second-order valence-electron chi connectivity index (χ2n) is 6.47. The Morgan fingerprint density at radius 2 is 1.69 bits per heavy atom. The first-order valence-electron chi connectivity index (χ1n) is 8.95. The summed E-state index contributed by atoms with van der Waals surface area (Å²) in [6.07, 6.45) is 4.95. The molecule has 0 radical (unpaired) electrons. The monoisotopic (exact) mass is 352 g/mol. The Balaban J connectivity index is 1.57. The van der Waals surface area contributed by atoms with Crippen molar-refractivity contribution in [3.63, 3.8) is 0 Å². The quantitative estimate of drug-likeness (QED) is 0.644. The first kappa shape index (κ1) is 18.3. The highest BCUT2D eigenvalue weighted by Crippen LogP contribution is 2.09. The lowest BCUT2D eigenvalue weighted by atomic mass is 10.1. The maximum absolute atomic E-state index is 13.0. The van der Waals surface area contributed by atoms with Crippen molar-refractivity contribution < 1.29 is 4.39 Å². The Morgan fingerprint density at radius 3 is 2.42 bits per heavy atom. The minimum Gasteiger partial charge on any atom is -0.329 e. The molecule has 5 heteroatoms. The Morgan fingerprint density at radius 1 is 0.923 bits per heavy atom. The molecule has 0 amide bonds. The van der Waals surface area contributed by atoms with Gasteiger partial charge < -0.3 is 5.73 Å². The summed E-state index contributed by atoms with van der Waals surface area (Å²) < 4.78 is 14.9. The van der Waals surface area contributed by atoms with Gasteiger partial charge in [-0.2, -0.15) is 5.10 Å². The molecule has 0 saturated heterocycles. The van der Waals surface area contributed by atoms with E-state index in [0.29, 0.717) is 13.1 Å². The zero-order chi connectivity index (χ0) is 18.2. The van der Waals surface area contributed by atoms with E-state index in [2.05, 4.69) is 40.5 Å². The van der Waals surface area contributed by atoms with Gasteiger partial charge in [-0.05, 0) is 29.7 Å². The maximum atomic E-state index is 13.0. The summed E-state index contributed by atoms with van der Waals surface area (Å²) in [6, 6.07) is 17.0. The predicted molar refractivity (Wildman–Crippen MR) is 102 cm³/mol. The van der Waals surface area contributed by atoms with Gasteiger partial charge in [-0.3, -0.25) is 9.58 Å². The van der Waals surface area contributed by atoms with Gasteiger partial charge in [-0.1, -0.05) is 42.5 Å². The summed E-state index contributed by atoms with van der Waals surface area (Å²) in [5.74, 6) is -0.217. The molecule has 3 rings (SSSR count). The molecule has 0 aliphatic rings. The van der Waals surface area contributed by atoms with Gasteiger partial charge in [0.25, 0.3) is 0 Å². The van der Waals surface area contributed by atoms with Gasteiger partial charge >= 0.3 is 0 Å². The minimum absolute atomic E-state index is 0.217. The molecule has 0 unspecified atom stereocenters. The summed E-state index contributed by atoms with van der Waals surface area (Å²) in [4.78, 5) is 2.35. The number of nitrogens with two attached hydrogens (primary N) is 1. The molecule has 0 bridgehead atoms. The van der Waals surface area contributed by atoms with Crippen LogP contribution in [0.15, 0.2) is 67.0 Å². The van der Waals surface area contributed by atoms with E-state index >= 15 is 0 Å². The topological polar surface area (TPSA) is 47.1 Å². The van der Waals surface area contributed by atoms with Crippen LogP contribution in [0.2, 0.25) is 0 Å². The molecule has 2 aromatic carbocycles. The Hall–Kier alpha value is -2.50. The fourth-order valence-corrected chi connectivity index (χ4v) is 2.99. The number of rotatable bonds is 9. The van der Waals surface area contributed by atoms with Crippen molar-refractivity contribution >= 4 is 0 Å². The Bertz CT molecular complexity index is 783. The van der Waals surface area contributed by atoms with Crippen LogP contribution in [0.3, 0.4) is 0 Å². The predicted octanol–water partition coefficient (Wildman–Crippen LogP) is 3.07. The molecular weight excluding hydrogens is 327 g/mol. The highest BCUT2D eigenvalue weighted by molar-refractivity contribution is 5.17. The largest absolute Gasteiger partial charge is 0.329 e. The van der Waals surface area contributed by atoms with Gasteiger partial charge in [0, 0.05) is 37.9 Å². The molecule has 0 spiro atoms. The van der Waals surface area contributed by atoms with E-state index in [1.54, 1.807) is 12.1 Å². The first-order chi connectivity index (χ1) is 12.7. The van der Waals surface area contributed by atoms with E-state index in [-0.39, 0.29) is 5.82 Å². The number of benzene rings is 2. The smallest absolute Gasteiger partial charge is 0.123 e. The zero-order valence-corrected chi connectivity index (χ0v) is 14.9. The van der Waals surface area contributed by atoms with Crippen molar-refractivity contribution in [2.45, 2.75) is 19.5 Å². The second kappa shape index (κ2) is 9.27. The van der Waals surface area contributed by atoms with Crippen LogP contribution in [-0.2, 0) is 19.5 Å². The lowest BCUT2D eigenvalue weighted by Crippen LogP contribution is -2.30. The zero-order valence-electron chi connectivity index (χ0n) is 14.9. The molecular formula is C21H25FN4. The third-order valence-electron chi connectivity index (χ3n) is 4.36. The van der Waals surface area contributed by atoms with Crippen molar-refractivity contribution in [2.75, 3.05) is 19.6 Å². The molecule has 136 valence electrons. The molecule has 0 saturated carbocycles. The summed E-state index contributed by atoms with van der Waals surface area (Å²) in [7, 11) is 0. The third-order valence-corrected chi connectivity index (χ3v) is 4.36. The first-order valence-corrected chi connectivity index (χ1v) is 8.95. The highest BCUT2D eigenvalue weighted by atomic mass is 19.1. The van der Waals surface area contributed by atoms with Crippen LogP contribution in [0, 0.1) is 5.82 Å².